The number of Topliss-reactive ketones (excluding diaryl/α,β-unsaturated/α-hetero) is 1. The minimum absolute atomic E-state index is 0.165. The van der Waals surface area contributed by atoms with E-state index in [1.165, 1.54) is 0 Å². The van der Waals surface area contributed by atoms with Crippen molar-refractivity contribution in [2.24, 2.45) is 10.9 Å². The SMILES string of the molecule is C=C/C(=C\N=C/C)N[C@H](C(=O)CC)C(C)C. The number of carbonyl (C=O) groups is 1. The van der Waals surface area contributed by atoms with Crippen LogP contribution in [0.4, 0.5) is 0 Å². The van der Waals surface area contributed by atoms with Gasteiger partial charge in [-0.2, -0.15) is 0 Å². The highest BCUT2D eigenvalue weighted by Crippen LogP contribution is 2.08. The predicted octanol–water partition coefficient (Wildman–Crippen LogP) is 2.70. The van der Waals surface area contributed by atoms with Gasteiger partial charge in [-0.3, -0.25) is 9.79 Å². The van der Waals surface area contributed by atoms with Crippen LogP contribution in [0.2, 0.25) is 0 Å². The van der Waals surface area contributed by atoms with Crippen molar-refractivity contribution in [1.29, 1.82) is 0 Å². The number of ketones is 1. The Morgan fingerprint density at radius 3 is 2.50 bits per heavy atom. The summed E-state index contributed by atoms with van der Waals surface area (Å²) in [7, 11) is 0. The van der Waals surface area contributed by atoms with E-state index in [4.69, 9.17) is 0 Å². The van der Waals surface area contributed by atoms with Crippen LogP contribution in [0.1, 0.15) is 34.1 Å². The Morgan fingerprint density at radius 2 is 2.12 bits per heavy atom. The number of aliphatic imine (C=N–C) groups is 1. The van der Waals surface area contributed by atoms with E-state index in [9.17, 15) is 4.79 Å². The second kappa shape index (κ2) is 7.85. The third-order valence-corrected chi connectivity index (χ3v) is 2.27. The molecule has 0 aromatic heterocycles. The normalized spacial score (nSPS) is 14.2. The van der Waals surface area contributed by atoms with Crippen LogP contribution in [-0.4, -0.2) is 18.0 Å². The van der Waals surface area contributed by atoms with Crippen LogP contribution in [0.5, 0.6) is 0 Å². The molecule has 0 aliphatic carbocycles. The summed E-state index contributed by atoms with van der Waals surface area (Å²) in [6.07, 6.45) is 5.57. The molecule has 0 saturated carbocycles. The van der Waals surface area contributed by atoms with Gasteiger partial charge in [-0.05, 0) is 18.9 Å². The molecule has 3 nitrogen and oxygen atoms in total. The summed E-state index contributed by atoms with van der Waals surface area (Å²) in [4.78, 5) is 15.7. The molecule has 0 saturated heterocycles. The van der Waals surface area contributed by atoms with Crippen LogP contribution >= 0.6 is 0 Å². The van der Waals surface area contributed by atoms with E-state index in [0.717, 1.165) is 5.70 Å². The highest BCUT2D eigenvalue weighted by molar-refractivity contribution is 5.84. The molecule has 16 heavy (non-hydrogen) atoms. The van der Waals surface area contributed by atoms with Crippen LogP contribution in [0, 0.1) is 5.92 Å². The standard InChI is InChI=1S/C13H22N2O/c1-6-11(9-14-8-3)15-13(10(4)5)12(16)7-2/h6,8-10,13,15H,1,7H2,2-5H3/b11-9+,14-8-/t13-/m0/s1. The molecule has 0 spiro atoms. The highest BCUT2D eigenvalue weighted by atomic mass is 16.1. The van der Waals surface area contributed by atoms with Gasteiger partial charge in [0.25, 0.3) is 0 Å². The number of rotatable bonds is 7. The summed E-state index contributed by atoms with van der Waals surface area (Å²) >= 11 is 0. The second-order valence-electron chi connectivity index (χ2n) is 3.88. The fraction of sp³-hybridized carbons (Fsp3) is 0.538. The first-order valence-electron chi connectivity index (χ1n) is 5.66. The predicted molar refractivity (Wildman–Crippen MR) is 69.5 cm³/mol. The number of hydrogen-bond donors (Lipinski definition) is 1. The first kappa shape index (κ1) is 14.6. The molecule has 1 N–H and O–H groups in total. The smallest absolute Gasteiger partial charge is 0.154 e. The molecule has 0 amide bonds. The van der Waals surface area contributed by atoms with E-state index < -0.39 is 0 Å². The zero-order chi connectivity index (χ0) is 12.6. The van der Waals surface area contributed by atoms with Gasteiger partial charge in [-0.15, -0.1) is 0 Å². The van der Waals surface area contributed by atoms with Crippen molar-refractivity contribution in [2.75, 3.05) is 0 Å². The Hall–Kier alpha value is -1.38. The van der Waals surface area contributed by atoms with Gasteiger partial charge < -0.3 is 5.32 Å². The Bertz CT molecular complexity index is 290. The van der Waals surface area contributed by atoms with Gasteiger partial charge in [0.15, 0.2) is 5.78 Å². The molecular weight excluding hydrogens is 200 g/mol. The summed E-state index contributed by atoms with van der Waals surface area (Å²) in [5.74, 6) is 0.463. The summed E-state index contributed by atoms with van der Waals surface area (Å²) in [5, 5.41) is 3.17. The van der Waals surface area contributed by atoms with Gasteiger partial charge in [0.1, 0.15) is 0 Å². The van der Waals surface area contributed by atoms with Crippen LogP contribution in [0.15, 0.2) is 29.5 Å². The highest BCUT2D eigenvalue weighted by Gasteiger charge is 2.20. The molecule has 0 bridgehead atoms. The Labute approximate surface area is 98.3 Å². The van der Waals surface area contributed by atoms with Crippen molar-refractivity contribution in [1.82, 2.24) is 5.32 Å². The summed E-state index contributed by atoms with van der Waals surface area (Å²) < 4.78 is 0. The third-order valence-electron chi connectivity index (χ3n) is 2.27. The lowest BCUT2D eigenvalue weighted by Gasteiger charge is -2.22. The van der Waals surface area contributed by atoms with Crippen molar-refractivity contribution in [3.63, 3.8) is 0 Å². The Morgan fingerprint density at radius 1 is 1.50 bits per heavy atom. The summed E-state index contributed by atoms with van der Waals surface area (Å²) in [6, 6.07) is -0.165. The number of hydrogen-bond acceptors (Lipinski definition) is 3. The van der Waals surface area contributed by atoms with E-state index >= 15 is 0 Å². The Balaban J connectivity index is 4.72. The summed E-state index contributed by atoms with van der Waals surface area (Å²) in [5.41, 5.74) is 0.776. The number of nitrogens with one attached hydrogen (secondary N) is 1. The molecule has 0 aromatic carbocycles. The lowest BCUT2D eigenvalue weighted by atomic mass is 9.98. The minimum atomic E-state index is -0.165. The number of nitrogens with zero attached hydrogens (tertiary/aromatic N) is 1. The van der Waals surface area contributed by atoms with Crippen molar-refractivity contribution in [3.8, 4) is 0 Å². The van der Waals surface area contributed by atoms with Crippen LogP contribution < -0.4 is 5.32 Å². The molecule has 0 radical (unpaired) electrons. The fourth-order valence-electron chi connectivity index (χ4n) is 1.32. The maximum atomic E-state index is 11.7. The van der Waals surface area contributed by atoms with Gasteiger partial charge in [0.05, 0.1) is 11.7 Å². The average molecular weight is 222 g/mol. The quantitative estimate of drug-likeness (QED) is 0.531. The molecule has 3 heteroatoms. The monoisotopic (exact) mass is 222 g/mol. The second-order valence-corrected chi connectivity index (χ2v) is 3.88. The molecule has 0 aromatic rings. The van der Waals surface area contributed by atoms with Crippen molar-refractivity contribution in [2.45, 2.75) is 40.2 Å². The van der Waals surface area contributed by atoms with E-state index in [2.05, 4.69) is 16.9 Å². The lowest BCUT2D eigenvalue weighted by Crippen LogP contribution is -2.39. The van der Waals surface area contributed by atoms with Crippen LogP contribution in [0.3, 0.4) is 0 Å². The molecule has 1 atom stereocenters. The number of carbonyl (C=O) groups excluding carboxylic acids is 1. The topological polar surface area (TPSA) is 41.5 Å². The average Bonchev–Trinajstić information content (AvgIpc) is 2.28. The zero-order valence-corrected chi connectivity index (χ0v) is 10.7. The Kier molecular flexibility index (Phi) is 7.18. The first-order chi connectivity index (χ1) is 7.56. The van der Waals surface area contributed by atoms with E-state index in [-0.39, 0.29) is 17.7 Å². The maximum Gasteiger partial charge on any atom is 0.154 e. The molecule has 90 valence electrons. The van der Waals surface area contributed by atoms with E-state index in [0.29, 0.717) is 6.42 Å². The maximum absolute atomic E-state index is 11.7. The molecule has 0 unspecified atom stereocenters. The van der Waals surface area contributed by atoms with Crippen molar-refractivity contribution in [3.05, 3.63) is 24.6 Å². The minimum Gasteiger partial charge on any atom is -0.374 e. The molecule has 0 fully saturated rings. The molecule has 0 aliphatic rings. The number of allylic oxidation sites excluding steroid dienone is 1. The van der Waals surface area contributed by atoms with Gasteiger partial charge in [-0.1, -0.05) is 27.4 Å². The van der Waals surface area contributed by atoms with E-state index in [1.807, 2.05) is 27.7 Å². The summed E-state index contributed by atoms with van der Waals surface area (Å²) in [6.45, 7) is 11.5. The molecular formula is C13H22N2O. The molecule has 0 aliphatic heterocycles. The fourth-order valence-corrected chi connectivity index (χ4v) is 1.32. The third kappa shape index (κ3) is 4.91. The van der Waals surface area contributed by atoms with Gasteiger partial charge in [0.2, 0.25) is 0 Å². The van der Waals surface area contributed by atoms with Crippen LogP contribution in [-0.2, 0) is 4.79 Å². The van der Waals surface area contributed by atoms with Crippen molar-refractivity contribution >= 4 is 12.0 Å². The van der Waals surface area contributed by atoms with Gasteiger partial charge >= 0.3 is 0 Å². The van der Waals surface area contributed by atoms with Gasteiger partial charge in [0, 0.05) is 18.8 Å². The van der Waals surface area contributed by atoms with E-state index in [1.54, 1.807) is 18.5 Å². The largest absolute Gasteiger partial charge is 0.374 e. The van der Waals surface area contributed by atoms with Crippen LogP contribution in [0.25, 0.3) is 0 Å². The first-order valence-corrected chi connectivity index (χ1v) is 5.66. The zero-order valence-electron chi connectivity index (χ0n) is 10.7. The van der Waals surface area contributed by atoms with Crippen molar-refractivity contribution < 1.29 is 4.79 Å². The molecule has 0 heterocycles. The lowest BCUT2D eigenvalue weighted by molar-refractivity contribution is -0.121. The van der Waals surface area contributed by atoms with Gasteiger partial charge in [-0.25, -0.2) is 0 Å². The molecule has 0 rings (SSSR count).